The molecule has 1 amide bonds. The molecule has 6 nitrogen and oxygen atoms in total. The van der Waals surface area contributed by atoms with Gasteiger partial charge in [-0.15, -0.1) is 0 Å². The molecule has 0 aliphatic rings. The van der Waals surface area contributed by atoms with Gasteiger partial charge in [0.25, 0.3) is 5.91 Å². The van der Waals surface area contributed by atoms with Crippen LogP contribution < -0.4 is 5.73 Å². The smallest absolute Gasteiger partial charge is 0.259 e. The third kappa shape index (κ3) is 2.76. The van der Waals surface area contributed by atoms with E-state index in [2.05, 4.69) is 5.10 Å². The van der Waals surface area contributed by atoms with E-state index in [0.29, 0.717) is 24.5 Å². The number of ether oxygens (including phenoxy) is 1. The molecule has 6 heteroatoms. The Hall–Kier alpha value is -1.56. The number of nitrogens with zero attached hydrogens (tertiary/aromatic N) is 3. The van der Waals surface area contributed by atoms with Gasteiger partial charge in [0.1, 0.15) is 11.4 Å². The number of aromatic nitrogens is 2. The Kier molecular flexibility index (Phi) is 4.51. The summed E-state index contributed by atoms with van der Waals surface area (Å²) in [5.74, 6) is 0.278. The maximum Gasteiger partial charge on any atom is 0.259 e. The number of nitrogens with two attached hydrogens (primary N) is 1. The minimum Gasteiger partial charge on any atom is -0.383 e. The molecule has 0 saturated carbocycles. The van der Waals surface area contributed by atoms with Crippen molar-refractivity contribution in [3.63, 3.8) is 0 Å². The summed E-state index contributed by atoms with van der Waals surface area (Å²) in [6, 6.07) is 0.0112. The van der Waals surface area contributed by atoms with Crippen molar-refractivity contribution in [2.24, 2.45) is 7.05 Å². The number of hydrogen-bond donors (Lipinski definition) is 1. The van der Waals surface area contributed by atoms with Gasteiger partial charge in [0.15, 0.2) is 0 Å². The number of carbonyl (C=O) groups is 1. The SMILES string of the molecule is CCN(C(=O)c1cnn(C)c1N)C(C)COC. The monoisotopic (exact) mass is 240 g/mol. The molecular formula is C11H20N4O2. The van der Waals surface area contributed by atoms with E-state index in [0.717, 1.165) is 0 Å². The fourth-order valence-corrected chi connectivity index (χ4v) is 1.75. The molecule has 0 aliphatic heterocycles. The van der Waals surface area contributed by atoms with Gasteiger partial charge in [-0.05, 0) is 13.8 Å². The van der Waals surface area contributed by atoms with Gasteiger partial charge in [-0.25, -0.2) is 0 Å². The lowest BCUT2D eigenvalue weighted by Gasteiger charge is -2.27. The molecule has 0 fully saturated rings. The van der Waals surface area contributed by atoms with E-state index >= 15 is 0 Å². The third-order valence-corrected chi connectivity index (χ3v) is 2.76. The van der Waals surface area contributed by atoms with Gasteiger partial charge in [-0.2, -0.15) is 5.10 Å². The number of aryl methyl sites for hydroxylation is 1. The van der Waals surface area contributed by atoms with Gasteiger partial charge in [0.2, 0.25) is 0 Å². The van der Waals surface area contributed by atoms with Crippen LogP contribution in [0.2, 0.25) is 0 Å². The molecular weight excluding hydrogens is 220 g/mol. The number of hydrogen-bond acceptors (Lipinski definition) is 4. The second-order valence-corrected chi connectivity index (χ2v) is 3.96. The standard InChI is InChI=1S/C11H20N4O2/c1-5-15(8(2)7-17-4)11(16)9-6-13-14(3)10(9)12/h6,8H,5,7,12H2,1-4H3. The molecule has 1 aromatic rings. The zero-order valence-electron chi connectivity index (χ0n) is 10.8. The molecule has 17 heavy (non-hydrogen) atoms. The fourth-order valence-electron chi connectivity index (χ4n) is 1.75. The maximum atomic E-state index is 12.3. The zero-order chi connectivity index (χ0) is 13.0. The average molecular weight is 240 g/mol. The van der Waals surface area contributed by atoms with Crippen molar-refractivity contribution in [3.05, 3.63) is 11.8 Å². The van der Waals surface area contributed by atoms with E-state index < -0.39 is 0 Å². The Bertz CT molecular complexity index is 389. The van der Waals surface area contributed by atoms with Crippen molar-refractivity contribution in [1.82, 2.24) is 14.7 Å². The van der Waals surface area contributed by atoms with E-state index in [1.54, 1.807) is 19.1 Å². The largest absolute Gasteiger partial charge is 0.383 e. The summed E-state index contributed by atoms with van der Waals surface area (Å²) < 4.78 is 6.55. The summed E-state index contributed by atoms with van der Waals surface area (Å²) in [4.78, 5) is 14.0. The summed E-state index contributed by atoms with van der Waals surface area (Å²) >= 11 is 0. The van der Waals surface area contributed by atoms with Gasteiger partial charge in [-0.1, -0.05) is 0 Å². The number of amides is 1. The Labute approximate surface area is 101 Å². The van der Waals surface area contributed by atoms with Crippen molar-refractivity contribution >= 4 is 11.7 Å². The minimum atomic E-state index is -0.109. The predicted molar refractivity (Wildman–Crippen MR) is 65.7 cm³/mol. The summed E-state index contributed by atoms with van der Waals surface area (Å²) in [7, 11) is 3.33. The molecule has 0 aromatic carbocycles. The molecule has 2 N–H and O–H groups in total. The number of likely N-dealkylation sites (N-methyl/N-ethyl adjacent to an activating group) is 1. The predicted octanol–water partition coefficient (Wildman–Crippen LogP) is 0.499. The highest BCUT2D eigenvalue weighted by molar-refractivity contribution is 5.98. The summed E-state index contributed by atoms with van der Waals surface area (Å²) in [5, 5.41) is 3.97. The van der Waals surface area contributed by atoms with Crippen molar-refractivity contribution < 1.29 is 9.53 Å². The van der Waals surface area contributed by atoms with Crippen LogP contribution in [0.5, 0.6) is 0 Å². The van der Waals surface area contributed by atoms with Crippen LogP contribution in [-0.4, -0.2) is 46.9 Å². The minimum absolute atomic E-state index is 0.0112. The van der Waals surface area contributed by atoms with E-state index in [9.17, 15) is 4.79 Å². The molecule has 0 radical (unpaired) electrons. The quantitative estimate of drug-likeness (QED) is 0.813. The van der Waals surface area contributed by atoms with Crippen molar-refractivity contribution in [2.75, 3.05) is 26.0 Å². The van der Waals surface area contributed by atoms with Crippen LogP contribution in [0.1, 0.15) is 24.2 Å². The van der Waals surface area contributed by atoms with Crippen LogP contribution in [0.3, 0.4) is 0 Å². The van der Waals surface area contributed by atoms with Crippen molar-refractivity contribution in [3.8, 4) is 0 Å². The summed E-state index contributed by atoms with van der Waals surface area (Å²) in [6.07, 6.45) is 1.50. The lowest BCUT2D eigenvalue weighted by molar-refractivity contribution is 0.0580. The molecule has 0 spiro atoms. The number of rotatable bonds is 5. The number of carbonyl (C=O) groups excluding carboxylic acids is 1. The Balaban J connectivity index is 2.90. The van der Waals surface area contributed by atoms with Crippen molar-refractivity contribution in [1.29, 1.82) is 0 Å². The molecule has 1 heterocycles. The van der Waals surface area contributed by atoms with Gasteiger partial charge in [0, 0.05) is 20.7 Å². The average Bonchev–Trinajstić information content (AvgIpc) is 2.61. The first kappa shape index (κ1) is 13.5. The number of nitrogen functional groups attached to an aromatic ring is 1. The van der Waals surface area contributed by atoms with Crippen LogP contribution in [0.25, 0.3) is 0 Å². The Morgan fingerprint density at radius 2 is 2.35 bits per heavy atom. The van der Waals surface area contributed by atoms with Gasteiger partial charge < -0.3 is 15.4 Å². The third-order valence-electron chi connectivity index (χ3n) is 2.76. The van der Waals surface area contributed by atoms with Crippen LogP contribution in [0, 0.1) is 0 Å². The normalized spacial score (nSPS) is 12.5. The highest BCUT2D eigenvalue weighted by atomic mass is 16.5. The second kappa shape index (κ2) is 5.67. The maximum absolute atomic E-state index is 12.3. The number of methoxy groups -OCH3 is 1. The van der Waals surface area contributed by atoms with Crippen LogP contribution >= 0.6 is 0 Å². The highest BCUT2D eigenvalue weighted by Gasteiger charge is 2.23. The highest BCUT2D eigenvalue weighted by Crippen LogP contribution is 2.14. The van der Waals surface area contributed by atoms with E-state index in [4.69, 9.17) is 10.5 Å². The molecule has 1 atom stereocenters. The molecule has 1 aromatic heterocycles. The first-order valence-corrected chi connectivity index (χ1v) is 5.60. The topological polar surface area (TPSA) is 73.4 Å². The molecule has 1 rings (SSSR count). The summed E-state index contributed by atoms with van der Waals surface area (Å²) in [6.45, 7) is 4.98. The first-order valence-electron chi connectivity index (χ1n) is 5.60. The van der Waals surface area contributed by atoms with Crippen molar-refractivity contribution in [2.45, 2.75) is 19.9 Å². The van der Waals surface area contributed by atoms with Crippen LogP contribution in [0.15, 0.2) is 6.20 Å². The Morgan fingerprint density at radius 3 is 2.76 bits per heavy atom. The fraction of sp³-hybridized carbons (Fsp3) is 0.636. The molecule has 1 unspecified atom stereocenters. The summed E-state index contributed by atoms with van der Waals surface area (Å²) in [5.41, 5.74) is 6.23. The van der Waals surface area contributed by atoms with Gasteiger partial charge >= 0.3 is 0 Å². The van der Waals surface area contributed by atoms with Gasteiger partial charge in [0.05, 0.1) is 18.8 Å². The number of anilines is 1. The zero-order valence-corrected chi connectivity index (χ0v) is 10.8. The van der Waals surface area contributed by atoms with E-state index in [1.165, 1.54) is 10.9 Å². The lowest BCUT2D eigenvalue weighted by Crippen LogP contribution is -2.41. The van der Waals surface area contributed by atoms with E-state index in [-0.39, 0.29) is 11.9 Å². The van der Waals surface area contributed by atoms with Gasteiger partial charge in [-0.3, -0.25) is 9.48 Å². The van der Waals surface area contributed by atoms with Crippen LogP contribution in [-0.2, 0) is 11.8 Å². The van der Waals surface area contributed by atoms with Crippen LogP contribution in [0.4, 0.5) is 5.82 Å². The lowest BCUT2D eigenvalue weighted by atomic mass is 10.2. The molecule has 96 valence electrons. The van der Waals surface area contributed by atoms with E-state index in [1.807, 2.05) is 13.8 Å². The molecule has 0 saturated heterocycles. The molecule has 0 aliphatic carbocycles. The first-order chi connectivity index (χ1) is 8.02. The second-order valence-electron chi connectivity index (χ2n) is 3.96. The Morgan fingerprint density at radius 1 is 1.71 bits per heavy atom. The molecule has 0 bridgehead atoms.